The molecule has 2 heterocycles. The molecule has 0 spiro atoms. The first-order valence-electron chi connectivity index (χ1n) is 5.14. The lowest BCUT2D eigenvalue weighted by atomic mass is 10.1. The predicted octanol–water partition coefficient (Wildman–Crippen LogP) is 1.25. The Bertz CT molecular complexity index is 688. The molecule has 0 aliphatic carbocycles. The van der Waals surface area contributed by atoms with Crippen molar-refractivity contribution in [3.63, 3.8) is 0 Å². The van der Waals surface area contributed by atoms with Crippen molar-refractivity contribution >= 4 is 15.7 Å². The van der Waals surface area contributed by atoms with Crippen LogP contribution in [-0.2, 0) is 16.3 Å². The second-order valence-corrected chi connectivity index (χ2v) is 6.08. The molecule has 0 amide bonds. The molecule has 3 rings (SSSR count). The third-order valence-corrected chi connectivity index (χ3v) is 4.66. The number of fused-ring (bicyclic) bond motifs is 1. The van der Waals surface area contributed by atoms with Crippen LogP contribution in [-0.4, -0.2) is 19.3 Å². The van der Waals surface area contributed by atoms with E-state index in [1.54, 1.807) is 12.1 Å². The van der Waals surface area contributed by atoms with Crippen molar-refractivity contribution in [1.29, 1.82) is 0 Å². The molecule has 1 aromatic heterocycles. The normalized spacial score (nSPS) is 16.9. The van der Waals surface area contributed by atoms with Crippen molar-refractivity contribution in [2.45, 2.75) is 11.3 Å². The molecule has 5 nitrogen and oxygen atoms in total. The third-order valence-electron chi connectivity index (χ3n) is 2.87. The molecule has 17 heavy (non-hydrogen) atoms. The van der Waals surface area contributed by atoms with Crippen LogP contribution in [0.25, 0.3) is 11.3 Å². The van der Waals surface area contributed by atoms with Gasteiger partial charge in [-0.3, -0.25) is 0 Å². The Morgan fingerprint density at radius 2 is 2.12 bits per heavy atom. The van der Waals surface area contributed by atoms with Crippen LogP contribution in [0.4, 0.5) is 5.88 Å². The molecule has 0 saturated heterocycles. The Hall–Kier alpha value is -1.82. The van der Waals surface area contributed by atoms with Crippen molar-refractivity contribution in [3.8, 4) is 11.3 Å². The quantitative estimate of drug-likeness (QED) is 0.823. The highest BCUT2D eigenvalue weighted by Crippen LogP contribution is 2.30. The zero-order valence-electron chi connectivity index (χ0n) is 8.88. The van der Waals surface area contributed by atoms with Gasteiger partial charge in [0.15, 0.2) is 9.84 Å². The maximum absolute atomic E-state index is 11.8. The number of aromatic nitrogens is 1. The number of rotatable bonds is 1. The molecule has 1 aliphatic heterocycles. The maximum Gasteiger partial charge on any atom is 0.222 e. The van der Waals surface area contributed by atoms with E-state index in [-0.39, 0.29) is 11.6 Å². The molecule has 0 saturated carbocycles. The standard InChI is InChI=1S/C11H10N2O3S/c12-11-6-9(13-16-11)8-2-1-7-3-4-17(14,15)10(7)5-8/h1-2,5-6H,3-4,12H2. The summed E-state index contributed by atoms with van der Waals surface area (Å²) in [5.74, 6) is 0.399. The average molecular weight is 250 g/mol. The van der Waals surface area contributed by atoms with Gasteiger partial charge in [0.25, 0.3) is 0 Å². The van der Waals surface area contributed by atoms with Crippen molar-refractivity contribution < 1.29 is 12.9 Å². The lowest BCUT2D eigenvalue weighted by Crippen LogP contribution is -1.98. The minimum Gasteiger partial charge on any atom is -0.368 e. The number of hydrogen-bond donors (Lipinski definition) is 1. The molecule has 2 aromatic rings. The number of aryl methyl sites for hydroxylation is 1. The first kappa shape index (κ1) is 10.3. The van der Waals surface area contributed by atoms with Gasteiger partial charge in [0.2, 0.25) is 5.88 Å². The summed E-state index contributed by atoms with van der Waals surface area (Å²) in [6.45, 7) is 0. The van der Waals surface area contributed by atoms with Crippen molar-refractivity contribution in [1.82, 2.24) is 5.16 Å². The van der Waals surface area contributed by atoms with Gasteiger partial charge in [-0.15, -0.1) is 0 Å². The average Bonchev–Trinajstić information content (AvgIpc) is 2.84. The summed E-state index contributed by atoms with van der Waals surface area (Å²) in [5, 5.41) is 3.76. The van der Waals surface area contributed by atoms with Gasteiger partial charge >= 0.3 is 0 Å². The monoisotopic (exact) mass is 250 g/mol. The van der Waals surface area contributed by atoms with Crippen LogP contribution in [0, 0.1) is 0 Å². The zero-order valence-corrected chi connectivity index (χ0v) is 9.70. The number of nitrogens with zero attached hydrogens (tertiary/aromatic N) is 1. The molecular formula is C11H10N2O3S. The number of hydrogen-bond acceptors (Lipinski definition) is 5. The van der Waals surface area contributed by atoms with Crippen LogP contribution < -0.4 is 5.73 Å². The number of sulfone groups is 1. The van der Waals surface area contributed by atoms with Gasteiger partial charge in [-0.05, 0) is 18.1 Å². The summed E-state index contributed by atoms with van der Waals surface area (Å²) in [4.78, 5) is 0.400. The highest BCUT2D eigenvalue weighted by molar-refractivity contribution is 7.91. The fourth-order valence-corrected chi connectivity index (χ4v) is 3.57. The molecule has 0 radical (unpaired) electrons. The second kappa shape index (κ2) is 3.33. The summed E-state index contributed by atoms with van der Waals surface area (Å²) in [5.41, 5.74) is 7.55. The van der Waals surface area contributed by atoms with Gasteiger partial charge < -0.3 is 10.3 Å². The Labute approximate surface area is 98.1 Å². The largest absolute Gasteiger partial charge is 0.368 e. The second-order valence-electron chi connectivity index (χ2n) is 4.01. The molecule has 88 valence electrons. The SMILES string of the molecule is Nc1cc(-c2ccc3c(c2)S(=O)(=O)CC3)no1. The smallest absolute Gasteiger partial charge is 0.222 e. The summed E-state index contributed by atoms with van der Waals surface area (Å²) in [6.07, 6.45) is 0.582. The summed E-state index contributed by atoms with van der Waals surface area (Å²) in [6, 6.07) is 6.86. The van der Waals surface area contributed by atoms with E-state index in [1.807, 2.05) is 12.1 Å². The predicted molar refractivity (Wildman–Crippen MR) is 62.1 cm³/mol. The number of nitrogens with two attached hydrogens (primary N) is 1. The molecule has 0 atom stereocenters. The van der Waals surface area contributed by atoms with E-state index < -0.39 is 9.84 Å². The van der Waals surface area contributed by atoms with Gasteiger partial charge in [-0.1, -0.05) is 17.3 Å². The summed E-state index contributed by atoms with van der Waals surface area (Å²) in [7, 11) is -3.12. The minimum atomic E-state index is -3.12. The molecule has 0 fully saturated rings. The van der Waals surface area contributed by atoms with Crippen LogP contribution in [0.5, 0.6) is 0 Å². The summed E-state index contributed by atoms with van der Waals surface area (Å²) < 4.78 is 28.3. The fourth-order valence-electron chi connectivity index (χ4n) is 1.99. The highest BCUT2D eigenvalue weighted by Gasteiger charge is 2.26. The lowest BCUT2D eigenvalue weighted by Gasteiger charge is -2.00. The molecule has 1 aromatic carbocycles. The fraction of sp³-hybridized carbons (Fsp3) is 0.182. The van der Waals surface area contributed by atoms with Gasteiger partial charge in [0.05, 0.1) is 10.6 Å². The van der Waals surface area contributed by atoms with E-state index in [9.17, 15) is 8.42 Å². The number of benzene rings is 1. The third kappa shape index (κ3) is 1.61. The van der Waals surface area contributed by atoms with Gasteiger partial charge in [-0.25, -0.2) is 8.42 Å². The van der Waals surface area contributed by atoms with Gasteiger partial charge in [-0.2, -0.15) is 0 Å². The molecule has 0 unspecified atom stereocenters. The molecular weight excluding hydrogens is 240 g/mol. The first-order chi connectivity index (χ1) is 8.06. The lowest BCUT2D eigenvalue weighted by molar-refractivity contribution is 0.439. The van der Waals surface area contributed by atoms with Crippen molar-refractivity contribution in [2.75, 3.05) is 11.5 Å². The van der Waals surface area contributed by atoms with E-state index in [4.69, 9.17) is 10.3 Å². The minimum absolute atomic E-state index is 0.187. The molecule has 2 N–H and O–H groups in total. The van der Waals surface area contributed by atoms with Gasteiger partial charge in [0, 0.05) is 11.6 Å². The Morgan fingerprint density at radius 1 is 1.29 bits per heavy atom. The highest BCUT2D eigenvalue weighted by atomic mass is 32.2. The zero-order chi connectivity index (χ0) is 12.0. The van der Waals surface area contributed by atoms with E-state index in [0.717, 1.165) is 5.56 Å². The van der Waals surface area contributed by atoms with Crippen LogP contribution in [0.2, 0.25) is 0 Å². The van der Waals surface area contributed by atoms with E-state index in [2.05, 4.69) is 5.16 Å². The Kier molecular flexibility index (Phi) is 2.03. The van der Waals surface area contributed by atoms with Gasteiger partial charge in [0.1, 0.15) is 5.69 Å². The number of anilines is 1. The van der Waals surface area contributed by atoms with E-state index >= 15 is 0 Å². The Morgan fingerprint density at radius 3 is 2.82 bits per heavy atom. The molecule has 6 heteroatoms. The van der Waals surface area contributed by atoms with Crippen LogP contribution in [0.1, 0.15) is 5.56 Å². The molecule has 0 bridgehead atoms. The van der Waals surface area contributed by atoms with Crippen LogP contribution in [0.15, 0.2) is 33.7 Å². The Balaban J connectivity index is 2.17. The van der Waals surface area contributed by atoms with Crippen LogP contribution in [0.3, 0.4) is 0 Å². The molecule has 1 aliphatic rings. The van der Waals surface area contributed by atoms with E-state index in [0.29, 0.717) is 22.6 Å². The summed E-state index contributed by atoms with van der Waals surface area (Å²) >= 11 is 0. The maximum atomic E-state index is 11.8. The first-order valence-corrected chi connectivity index (χ1v) is 6.80. The number of nitrogen functional groups attached to an aromatic ring is 1. The van der Waals surface area contributed by atoms with Crippen LogP contribution >= 0.6 is 0 Å². The topological polar surface area (TPSA) is 86.2 Å². The van der Waals surface area contributed by atoms with E-state index in [1.165, 1.54) is 0 Å². The van der Waals surface area contributed by atoms with Crippen molar-refractivity contribution in [3.05, 3.63) is 29.8 Å². The van der Waals surface area contributed by atoms with Crippen molar-refractivity contribution in [2.24, 2.45) is 0 Å².